The van der Waals surface area contributed by atoms with Crippen LogP contribution < -0.4 is 0 Å². The SMILES string of the molecule is CC(C(=O)O)C(=O)OC1C=CCCC1. The van der Waals surface area contributed by atoms with Gasteiger partial charge in [0, 0.05) is 0 Å². The molecule has 1 N–H and O–H groups in total. The van der Waals surface area contributed by atoms with Gasteiger partial charge in [0.25, 0.3) is 0 Å². The summed E-state index contributed by atoms with van der Waals surface area (Å²) in [7, 11) is 0. The Kier molecular flexibility index (Phi) is 3.68. The molecule has 0 radical (unpaired) electrons. The number of carboxylic acid groups (broad SMARTS) is 1. The highest BCUT2D eigenvalue weighted by atomic mass is 16.5. The molecule has 2 atom stereocenters. The second-order valence-electron chi connectivity index (χ2n) is 3.39. The first-order valence-electron chi connectivity index (χ1n) is 4.71. The quantitative estimate of drug-likeness (QED) is 0.422. The molecule has 0 heterocycles. The first-order valence-corrected chi connectivity index (χ1v) is 4.71. The average molecular weight is 198 g/mol. The normalized spacial score (nSPS) is 22.8. The van der Waals surface area contributed by atoms with Gasteiger partial charge in [-0.3, -0.25) is 9.59 Å². The van der Waals surface area contributed by atoms with Crippen molar-refractivity contribution in [1.82, 2.24) is 0 Å². The maximum absolute atomic E-state index is 11.2. The second kappa shape index (κ2) is 4.79. The van der Waals surface area contributed by atoms with Crippen LogP contribution in [-0.2, 0) is 14.3 Å². The van der Waals surface area contributed by atoms with Crippen LogP contribution in [0.3, 0.4) is 0 Å². The fraction of sp³-hybridized carbons (Fsp3) is 0.600. The Hall–Kier alpha value is -1.32. The lowest BCUT2D eigenvalue weighted by atomic mass is 10.1. The first kappa shape index (κ1) is 10.8. The molecule has 0 aromatic rings. The Morgan fingerprint density at radius 3 is 2.79 bits per heavy atom. The third-order valence-electron chi connectivity index (χ3n) is 2.20. The summed E-state index contributed by atoms with van der Waals surface area (Å²) in [5.74, 6) is -2.88. The topological polar surface area (TPSA) is 63.6 Å². The van der Waals surface area contributed by atoms with Crippen LogP contribution >= 0.6 is 0 Å². The molecule has 1 aliphatic rings. The van der Waals surface area contributed by atoms with Gasteiger partial charge in [0.1, 0.15) is 6.10 Å². The molecule has 0 saturated heterocycles. The number of hydrogen-bond acceptors (Lipinski definition) is 3. The highest BCUT2D eigenvalue weighted by Gasteiger charge is 2.24. The predicted octanol–water partition coefficient (Wildman–Crippen LogP) is 1.36. The zero-order valence-corrected chi connectivity index (χ0v) is 8.10. The fourth-order valence-corrected chi connectivity index (χ4v) is 1.23. The van der Waals surface area contributed by atoms with E-state index in [-0.39, 0.29) is 6.10 Å². The van der Waals surface area contributed by atoms with Crippen molar-refractivity contribution >= 4 is 11.9 Å². The van der Waals surface area contributed by atoms with Crippen LogP contribution in [0.15, 0.2) is 12.2 Å². The van der Waals surface area contributed by atoms with Crippen molar-refractivity contribution in [3.8, 4) is 0 Å². The first-order chi connectivity index (χ1) is 6.61. The standard InChI is InChI=1S/C10H14O4/c1-7(9(11)12)10(13)14-8-5-3-2-4-6-8/h3,5,7-8H,2,4,6H2,1H3,(H,11,12). The van der Waals surface area contributed by atoms with E-state index >= 15 is 0 Å². The maximum atomic E-state index is 11.2. The summed E-state index contributed by atoms with van der Waals surface area (Å²) >= 11 is 0. The Bertz CT molecular complexity index is 257. The average Bonchev–Trinajstić information content (AvgIpc) is 2.18. The molecule has 0 aromatic carbocycles. The van der Waals surface area contributed by atoms with E-state index in [0.29, 0.717) is 0 Å². The van der Waals surface area contributed by atoms with E-state index in [0.717, 1.165) is 19.3 Å². The van der Waals surface area contributed by atoms with Crippen molar-refractivity contribution in [3.63, 3.8) is 0 Å². The van der Waals surface area contributed by atoms with Gasteiger partial charge in [0.15, 0.2) is 5.92 Å². The molecule has 2 unspecified atom stereocenters. The molecule has 1 aliphatic carbocycles. The third-order valence-corrected chi connectivity index (χ3v) is 2.20. The van der Waals surface area contributed by atoms with Crippen molar-refractivity contribution in [2.24, 2.45) is 5.92 Å². The molecular weight excluding hydrogens is 184 g/mol. The number of esters is 1. The molecule has 78 valence electrons. The summed E-state index contributed by atoms with van der Waals surface area (Å²) in [6, 6.07) is 0. The van der Waals surface area contributed by atoms with Crippen LogP contribution in [0.5, 0.6) is 0 Å². The lowest BCUT2D eigenvalue weighted by molar-refractivity contribution is -0.160. The van der Waals surface area contributed by atoms with Crippen LogP contribution in [0, 0.1) is 5.92 Å². The molecule has 0 bridgehead atoms. The molecule has 14 heavy (non-hydrogen) atoms. The number of aliphatic carboxylic acids is 1. The summed E-state index contributed by atoms with van der Waals surface area (Å²) in [6.45, 7) is 1.33. The largest absolute Gasteiger partial charge is 0.481 e. The molecule has 0 fully saturated rings. The van der Waals surface area contributed by atoms with E-state index in [2.05, 4.69) is 0 Å². The summed E-state index contributed by atoms with van der Waals surface area (Å²) in [5, 5.41) is 8.56. The number of rotatable bonds is 3. The number of carboxylic acids is 1. The van der Waals surface area contributed by atoms with Crippen LogP contribution in [-0.4, -0.2) is 23.1 Å². The van der Waals surface area contributed by atoms with Crippen molar-refractivity contribution in [2.75, 3.05) is 0 Å². The minimum atomic E-state index is -1.14. The Labute approximate surface area is 82.6 Å². The molecule has 0 saturated carbocycles. The van der Waals surface area contributed by atoms with E-state index in [1.807, 2.05) is 12.2 Å². The maximum Gasteiger partial charge on any atom is 0.320 e. The van der Waals surface area contributed by atoms with Crippen LogP contribution in [0.1, 0.15) is 26.2 Å². The van der Waals surface area contributed by atoms with Crippen molar-refractivity contribution in [2.45, 2.75) is 32.3 Å². The van der Waals surface area contributed by atoms with Gasteiger partial charge in [0.2, 0.25) is 0 Å². The lowest BCUT2D eigenvalue weighted by Gasteiger charge is -2.18. The van der Waals surface area contributed by atoms with Gasteiger partial charge in [-0.25, -0.2) is 0 Å². The smallest absolute Gasteiger partial charge is 0.320 e. The van der Waals surface area contributed by atoms with Crippen molar-refractivity contribution in [3.05, 3.63) is 12.2 Å². The van der Waals surface area contributed by atoms with Crippen LogP contribution in [0.2, 0.25) is 0 Å². The highest BCUT2D eigenvalue weighted by molar-refractivity contribution is 5.93. The monoisotopic (exact) mass is 198 g/mol. The van der Waals surface area contributed by atoms with Gasteiger partial charge in [0.05, 0.1) is 0 Å². The molecule has 0 aliphatic heterocycles. The molecule has 1 rings (SSSR count). The van der Waals surface area contributed by atoms with E-state index < -0.39 is 17.9 Å². The number of hydrogen-bond donors (Lipinski definition) is 1. The van der Waals surface area contributed by atoms with E-state index in [4.69, 9.17) is 9.84 Å². The van der Waals surface area contributed by atoms with E-state index in [1.54, 1.807) is 0 Å². The Morgan fingerprint density at radius 2 is 2.29 bits per heavy atom. The minimum Gasteiger partial charge on any atom is -0.481 e. The lowest BCUT2D eigenvalue weighted by Crippen LogP contribution is -2.27. The zero-order chi connectivity index (χ0) is 10.6. The third kappa shape index (κ3) is 2.87. The van der Waals surface area contributed by atoms with Gasteiger partial charge in [-0.05, 0) is 32.3 Å². The Balaban J connectivity index is 2.43. The van der Waals surface area contributed by atoms with Gasteiger partial charge in [-0.2, -0.15) is 0 Å². The molecule has 0 amide bonds. The van der Waals surface area contributed by atoms with Crippen molar-refractivity contribution in [1.29, 1.82) is 0 Å². The summed E-state index contributed by atoms with van der Waals surface area (Å²) in [5.41, 5.74) is 0. The minimum absolute atomic E-state index is 0.238. The fourth-order valence-electron chi connectivity index (χ4n) is 1.23. The number of allylic oxidation sites excluding steroid dienone is 1. The summed E-state index contributed by atoms with van der Waals surface area (Å²) in [6.07, 6.45) is 6.30. The number of carbonyl (C=O) groups is 2. The Morgan fingerprint density at radius 1 is 1.57 bits per heavy atom. The van der Waals surface area contributed by atoms with Gasteiger partial charge in [-0.1, -0.05) is 6.08 Å². The predicted molar refractivity (Wildman–Crippen MR) is 49.7 cm³/mol. The van der Waals surface area contributed by atoms with Gasteiger partial charge < -0.3 is 9.84 Å². The second-order valence-corrected chi connectivity index (χ2v) is 3.39. The number of ether oxygens (including phenoxy) is 1. The summed E-state index contributed by atoms with van der Waals surface area (Å²) in [4.78, 5) is 21.7. The summed E-state index contributed by atoms with van der Waals surface area (Å²) < 4.78 is 5.01. The van der Waals surface area contributed by atoms with Crippen molar-refractivity contribution < 1.29 is 19.4 Å². The van der Waals surface area contributed by atoms with Crippen LogP contribution in [0.4, 0.5) is 0 Å². The zero-order valence-electron chi connectivity index (χ0n) is 8.10. The highest BCUT2D eigenvalue weighted by Crippen LogP contribution is 2.15. The molecule has 4 nitrogen and oxygen atoms in total. The number of carbonyl (C=O) groups excluding carboxylic acids is 1. The van der Waals surface area contributed by atoms with E-state index in [9.17, 15) is 9.59 Å². The van der Waals surface area contributed by atoms with E-state index in [1.165, 1.54) is 6.92 Å². The molecule has 0 spiro atoms. The molecular formula is C10H14O4. The molecule has 4 heteroatoms. The van der Waals surface area contributed by atoms with Crippen LogP contribution in [0.25, 0.3) is 0 Å². The molecule has 0 aromatic heterocycles. The van der Waals surface area contributed by atoms with Gasteiger partial charge in [-0.15, -0.1) is 0 Å². The van der Waals surface area contributed by atoms with Gasteiger partial charge >= 0.3 is 11.9 Å².